The number of aryl methyl sites for hydroxylation is 3. The summed E-state index contributed by atoms with van der Waals surface area (Å²) in [6, 6.07) is 20.1. The molecule has 0 bridgehead atoms. The first-order valence-corrected chi connectivity index (χ1v) is 15.8. The fraction of sp³-hybridized carbons (Fsp3) is 0.289. The van der Waals surface area contributed by atoms with E-state index in [2.05, 4.69) is 15.4 Å². The Morgan fingerprint density at radius 1 is 0.857 bits per heavy atom. The van der Waals surface area contributed by atoms with Crippen LogP contribution in [0.3, 0.4) is 0 Å². The molecule has 49 heavy (non-hydrogen) atoms. The van der Waals surface area contributed by atoms with Crippen molar-refractivity contribution < 1.29 is 41.8 Å². The summed E-state index contributed by atoms with van der Waals surface area (Å²) in [6.45, 7) is 7.75. The largest absolute Gasteiger partial charge is 0.573 e. The van der Waals surface area contributed by atoms with Crippen LogP contribution in [0, 0.1) is 26.6 Å². The maximum atomic E-state index is 15.6. The van der Waals surface area contributed by atoms with Gasteiger partial charge in [-0.2, -0.15) is 0 Å². The Hall–Kier alpha value is -5.19. The molecule has 3 N–H and O–H groups in total. The number of aliphatic carboxylic acids is 1. The second-order valence-electron chi connectivity index (χ2n) is 12.0. The van der Waals surface area contributed by atoms with E-state index < -0.39 is 47.5 Å². The number of amides is 2. The number of nitrogens with one attached hydrogen (secondary N) is 2. The van der Waals surface area contributed by atoms with Gasteiger partial charge in [-0.15, -0.1) is 13.2 Å². The zero-order chi connectivity index (χ0) is 35.9. The Morgan fingerprint density at radius 2 is 1.47 bits per heavy atom. The molecule has 11 heteroatoms. The second kappa shape index (κ2) is 15.8. The van der Waals surface area contributed by atoms with E-state index in [9.17, 15) is 27.6 Å². The van der Waals surface area contributed by atoms with Crippen LogP contribution >= 0.6 is 0 Å². The SMILES string of the molecule is CCCC(c1ccc(C(=O)NCCC(=O)O)cc1)C(C(=O)Nc1ccc(-c2c(C)cc(C)cc2C)cc1F)c1ccc(OC(F)(F)F)cc1. The lowest BCUT2D eigenvalue weighted by molar-refractivity contribution is -0.274. The zero-order valence-electron chi connectivity index (χ0n) is 27.6. The summed E-state index contributed by atoms with van der Waals surface area (Å²) in [5.41, 5.74) is 5.87. The maximum absolute atomic E-state index is 15.6. The van der Waals surface area contributed by atoms with Crippen molar-refractivity contribution in [2.45, 2.75) is 65.2 Å². The molecule has 0 heterocycles. The fourth-order valence-corrected chi connectivity index (χ4v) is 6.16. The highest BCUT2D eigenvalue weighted by Crippen LogP contribution is 2.39. The van der Waals surface area contributed by atoms with E-state index in [1.165, 1.54) is 24.3 Å². The molecule has 2 atom stereocenters. The molecule has 0 saturated carbocycles. The minimum Gasteiger partial charge on any atom is -0.481 e. The number of carboxylic acids is 1. The Bertz CT molecular complexity index is 1780. The predicted octanol–water partition coefficient (Wildman–Crippen LogP) is 8.83. The number of carbonyl (C=O) groups excluding carboxylic acids is 2. The van der Waals surface area contributed by atoms with Gasteiger partial charge in [0.1, 0.15) is 11.6 Å². The van der Waals surface area contributed by atoms with Gasteiger partial charge in [-0.1, -0.05) is 61.4 Å². The minimum absolute atomic E-state index is 0.0492. The van der Waals surface area contributed by atoms with Gasteiger partial charge in [-0.3, -0.25) is 14.4 Å². The predicted molar refractivity (Wildman–Crippen MR) is 179 cm³/mol. The summed E-state index contributed by atoms with van der Waals surface area (Å²) < 4.78 is 58.3. The van der Waals surface area contributed by atoms with Crippen LogP contribution in [0.15, 0.2) is 78.9 Å². The molecular formula is C38H38F4N2O5. The van der Waals surface area contributed by atoms with Gasteiger partial charge in [0.15, 0.2) is 0 Å². The summed E-state index contributed by atoms with van der Waals surface area (Å²) in [7, 11) is 0. The van der Waals surface area contributed by atoms with Crippen LogP contribution in [0.5, 0.6) is 5.75 Å². The highest BCUT2D eigenvalue weighted by Gasteiger charge is 2.33. The van der Waals surface area contributed by atoms with Crippen LogP contribution in [0.25, 0.3) is 11.1 Å². The number of benzene rings is 4. The number of rotatable bonds is 13. The molecule has 0 aliphatic heterocycles. The third-order valence-electron chi connectivity index (χ3n) is 8.18. The van der Waals surface area contributed by atoms with Crippen molar-refractivity contribution >= 4 is 23.5 Å². The van der Waals surface area contributed by atoms with Crippen LogP contribution in [-0.4, -0.2) is 35.8 Å². The summed E-state index contributed by atoms with van der Waals surface area (Å²) in [5.74, 6) is -4.70. The van der Waals surface area contributed by atoms with Crippen LogP contribution in [0.2, 0.25) is 0 Å². The average molecular weight is 679 g/mol. The van der Waals surface area contributed by atoms with Gasteiger partial charge in [-0.25, -0.2) is 4.39 Å². The lowest BCUT2D eigenvalue weighted by atomic mass is 9.78. The summed E-state index contributed by atoms with van der Waals surface area (Å²) in [5, 5.41) is 14.1. The van der Waals surface area contributed by atoms with E-state index in [1.807, 2.05) is 39.8 Å². The Balaban J connectivity index is 1.68. The molecular weight excluding hydrogens is 640 g/mol. The number of ether oxygens (including phenoxy) is 1. The van der Waals surface area contributed by atoms with Crippen LogP contribution < -0.4 is 15.4 Å². The highest BCUT2D eigenvalue weighted by atomic mass is 19.4. The normalized spacial score (nSPS) is 12.6. The summed E-state index contributed by atoms with van der Waals surface area (Å²) in [4.78, 5) is 37.4. The number of anilines is 1. The van der Waals surface area contributed by atoms with Gasteiger partial charge in [-0.05, 0) is 103 Å². The zero-order valence-corrected chi connectivity index (χ0v) is 27.6. The van der Waals surface area contributed by atoms with Crippen LogP contribution in [0.1, 0.15) is 76.2 Å². The number of alkyl halides is 3. The van der Waals surface area contributed by atoms with E-state index in [1.54, 1.807) is 30.3 Å². The third-order valence-corrected chi connectivity index (χ3v) is 8.18. The summed E-state index contributed by atoms with van der Waals surface area (Å²) in [6.07, 6.45) is -4.04. The van der Waals surface area contributed by atoms with E-state index in [-0.39, 0.29) is 24.2 Å². The number of carbonyl (C=O) groups is 3. The van der Waals surface area contributed by atoms with E-state index >= 15 is 4.39 Å². The minimum atomic E-state index is -4.90. The van der Waals surface area contributed by atoms with Gasteiger partial charge >= 0.3 is 12.3 Å². The number of halogens is 4. The molecule has 0 fully saturated rings. The quantitative estimate of drug-likeness (QED) is 0.123. The van der Waals surface area contributed by atoms with Gasteiger partial charge in [0.2, 0.25) is 5.91 Å². The van der Waals surface area contributed by atoms with E-state index in [0.717, 1.165) is 34.4 Å². The molecule has 0 spiro atoms. The summed E-state index contributed by atoms with van der Waals surface area (Å²) >= 11 is 0. The second-order valence-corrected chi connectivity index (χ2v) is 12.0. The van der Waals surface area contributed by atoms with E-state index in [4.69, 9.17) is 5.11 Å². The van der Waals surface area contributed by atoms with Crippen molar-refractivity contribution in [2.24, 2.45) is 0 Å². The van der Waals surface area contributed by atoms with Crippen molar-refractivity contribution in [1.29, 1.82) is 0 Å². The Kier molecular flexibility index (Phi) is 11.8. The molecule has 0 radical (unpaired) electrons. The molecule has 2 unspecified atom stereocenters. The topological polar surface area (TPSA) is 105 Å². The lowest BCUT2D eigenvalue weighted by Gasteiger charge is -2.28. The third kappa shape index (κ3) is 9.68. The van der Waals surface area contributed by atoms with Crippen LogP contribution in [0.4, 0.5) is 23.2 Å². The lowest BCUT2D eigenvalue weighted by Crippen LogP contribution is -2.28. The molecule has 4 aromatic carbocycles. The van der Waals surface area contributed by atoms with Gasteiger partial charge in [0.25, 0.3) is 5.91 Å². The first kappa shape index (κ1) is 36.6. The van der Waals surface area contributed by atoms with E-state index in [0.29, 0.717) is 29.5 Å². The van der Waals surface area contributed by atoms with Crippen molar-refractivity contribution in [3.63, 3.8) is 0 Å². The van der Waals surface area contributed by atoms with Crippen molar-refractivity contribution in [3.05, 3.63) is 118 Å². The Labute approximate surface area is 282 Å². The van der Waals surface area contributed by atoms with Gasteiger partial charge in [0, 0.05) is 12.1 Å². The number of hydrogen-bond donors (Lipinski definition) is 3. The molecule has 0 aliphatic carbocycles. The molecule has 2 amide bonds. The molecule has 4 aromatic rings. The standard InChI is InChI=1S/C38H38F4N2O5/c1-5-6-30(25-7-9-27(10-8-25)36(47)43-18-17-33(45)46)35(26-11-14-29(15-12-26)49-38(40,41)42)37(48)44-32-16-13-28(21-31(32)39)34-23(3)19-22(2)20-24(34)4/h7-16,19-21,30,35H,5-6,17-18H2,1-4H3,(H,43,47)(H,44,48)(H,45,46). The first-order valence-electron chi connectivity index (χ1n) is 15.8. The molecule has 0 aromatic heterocycles. The van der Waals surface area contributed by atoms with Gasteiger partial charge < -0.3 is 20.5 Å². The van der Waals surface area contributed by atoms with Crippen molar-refractivity contribution in [2.75, 3.05) is 11.9 Å². The average Bonchev–Trinajstić information content (AvgIpc) is 3.01. The monoisotopic (exact) mass is 678 g/mol. The number of carboxylic acid groups (broad SMARTS) is 1. The molecule has 4 rings (SSSR count). The van der Waals surface area contributed by atoms with Crippen LogP contribution in [-0.2, 0) is 9.59 Å². The maximum Gasteiger partial charge on any atom is 0.573 e. The van der Waals surface area contributed by atoms with Crippen molar-refractivity contribution in [3.8, 4) is 16.9 Å². The molecule has 0 saturated heterocycles. The number of hydrogen-bond acceptors (Lipinski definition) is 4. The fourth-order valence-electron chi connectivity index (χ4n) is 6.16. The molecule has 7 nitrogen and oxygen atoms in total. The first-order chi connectivity index (χ1) is 23.2. The van der Waals surface area contributed by atoms with Crippen molar-refractivity contribution in [1.82, 2.24) is 5.32 Å². The highest BCUT2D eigenvalue weighted by molar-refractivity contribution is 5.97. The smallest absolute Gasteiger partial charge is 0.481 e. The Morgan fingerprint density at radius 3 is 2.02 bits per heavy atom. The molecule has 258 valence electrons. The van der Waals surface area contributed by atoms with Gasteiger partial charge in [0.05, 0.1) is 18.0 Å². The molecule has 0 aliphatic rings.